The number of benzene rings is 1. The van der Waals surface area contributed by atoms with E-state index in [2.05, 4.69) is 46.0 Å². The topological polar surface area (TPSA) is 90.9 Å². The van der Waals surface area contributed by atoms with Crippen LogP contribution in [-0.2, 0) is 4.79 Å². The van der Waals surface area contributed by atoms with Gasteiger partial charge >= 0.3 is 0 Å². The van der Waals surface area contributed by atoms with Crippen LogP contribution in [0.15, 0.2) is 78.0 Å². The van der Waals surface area contributed by atoms with Gasteiger partial charge in [0.05, 0.1) is 17.7 Å². The lowest BCUT2D eigenvalue weighted by Crippen LogP contribution is -2.32. The summed E-state index contributed by atoms with van der Waals surface area (Å²) in [5, 5.41) is 8.86. The number of pyridine rings is 1. The molecule has 0 spiro atoms. The van der Waals surface area contributed by atoms with E-state index in [0.29, 0.717) is 17.4 Å². The van der Waals surface area contributed by atoms with Crippen LogP contribution in [0.3, 0.4) is 0 Å². The zero-order valence-corrected chi connectivity index (χ0v) is 21.6. The largest absolute Gasteiger partial charge is 0.468 e. The number of anilines is 1. The number of aromatic nitrogens is 1. The van der Waals surface area contributed by atoms with Crippen molar-refractivity contribution in [3.8, 4) is 5.88 Å². The predicted molar refractivity (Wildman–Crippen MR) is 144 cm³/mol. The first-order valence-electron chi connectivity index (χ1n) is 11.6. The Labute approximate surface area is 212 Å². The lowest BCUT2D eigenvalue weighted by Gasteiger charge is -2.28. The highest BCUT2D eigenvalue weighted by Crippen LogP contribution is 2.25. The van der Waals surface area contributed by atoms with Gasteiger partial charge in [-0.3, -0.25) is 4.79 Å². The van der Waals surface area contributed by atoms with E-state index >= 15 is 0 Å². The number of nitrogens with zero attached hydrogens (tertiary/aromatic N) is 3. The second-order valence-corrected chi connectivity index (χ2v) is 8.05. The number of likely N-dealkylation sites (N-methyl/N-ethyl adjacent to an activating group) is 1. The molecule has 1 aromatic heterocycles. The molecule has 0 fully saturated rings. The minimum atomic E-state index is -1.05. The number of ether oxygens (including phenoxy) is 1. The molecule has 9 heteroatoms. The van der Waals surface area contributed by atoms with Gasteiger partial charge in [-0.1, -0.05) is 38.3 Å². The Hall–Kier alpha value is -4.14. The van der Waals surface area contributed by atoms with Crippen molar-refractivity contribution in [1.82, 2.24) is 20.5 Å². The first-order chi connectivity index (χ1) is 17.2. The smallest absolute Gasteiger partial charge is 0.283 e. The first-order valence-corrected chi connectivity index (χ1v) is 11.6. The van der Waals surface area contributed by atoms with Gasteiger partial charge in [-0.2, -0.15) is 0 Å². The maximum absolute atomic E-state index is 13.1. The van der Waals surface area contributed by atoms with Crippen molar-refractivity contribution in [3.63, 3.8) is 0 Å². The van der Waals surface area contributed by atoms with Crippen molar-refractivity contribution in [2.45, 2.75) is 33.3 Å². The highest BCUT2D eigenvalue weighted by molar-refractivity contribution is 6.01. The van der Waals surface area contributed by atoms with Crippen LogP contribution in [0.1, 0.15) is 31.5 Å². The standard InChI is InChI=1S/C27H35FN6O2/c1-8-16-30-21(5)31-17-34(7)26(20(4)36-24-11-9-10-18(2)32-24)25(29-6)22-12-14-23(15-13-22)33-27(35)19(3)28/h9-15,17,20,29-30H,3,5,8,16H2,1-2,4,6-7H3,(H,33,35)/b26-25?,31-17-/t20-/m1/s1. The molecule has 1 heterocycles. The fourth-order valence-electron chi connectivity index (χ4n) is 3.36. The maximum Gasteiger partial charge on any atom is 0.283 e. The molecule has 0 saturated carbocycles. The van der Waals surface area contributed by atoms with E-state index in [4.69, 9.17) is 4.74 Å². The fraction of sp³-hybridized carbons (Fsp3) is 0.296. The molecule has 2 aromatic rings. The summed E-state index contributed by atoms with van der Waals surface area (Å²) in [4.78, 5) is 22.3. The molecule has 192 valence electrons. The molecule has 2 rings (SSSR count). The zero-order valence-electron chi connectivity index (χ0n) is 21.6. The number of carbonyl (C=O) groups excluding carboxylic acids is 1. The van der Waals surface area contributed by atoms with Gasteiger partial charge in [-0.05, 0) is 44.0 Å². The van der Waals surface area contributed by atoms with Gasteiger partial charge in [0.2, 0.25) is 5.88 Å². The van der Waals surface area contributed by atoms with E-state index in [0.717, 1.165) is 35.6 Å². The van der Waals surface area contributed by atoms with Gasteiger partial charge in [0.25, 0.3) is 5.91 Å². The zero-order chi connectivity index (χ0) is 26.7. The average molecular weight is 495 g/mol. The summed E-state index contributed by atoms with van der Waals surface area (Å²) < 4.78 is 19.3. The van der Waals surface area contributed by atoms with Crippen LogP contribution in [0.5, 0.6) is 5.88 Å². The van der Waals surface area contributed by atoms with Crippen molar-refractivity contribution >= 4 is 23.6 Å². The number of aryl methyl sites for hydroxylation is 1. The summed E-state index contributed by atoms with van der Waals surface area (Å²) in [7, 11) is 3.68. The third-order valence-electron chi connectivity index (χ3n) is 5.08. The van der Waals surface area contributed by atoms with Gasteiger partial charge in [0.1, 0.15) is 11.9 Å². The number of hydrogen-bond donors (Lipinski definition) is 3. The summed E-state index contributed by atoms with van der Waals surface area (Å²) in [5.74, 6) is -0.881. The van der Waals surface area contributed by atoms with Gasteiger partial charge < -0.3 is 25.6 Å². The number of nitrogens with one attached hydrogen (secondary N) is 3. The Kier molecular flexibility index (Phi) is 10.7. The minimum absolute atomic E-state index is 0.427. The molecule has 0 saturated heterocycles. The molecule has 0 aliphatic rings. The van der Waals surface area contributed by atoms with Crippen LogP contribution in [0.4, 0.5) is 10.1 Å². The quantitative estimate of drug-likeness (QED) is 0.214. The highest BCUT2D eigenvalue weighted by atomic mass is 19.1. The van der Waals surface area contributed by atoms with Crippen molar-refractivity contribution in [3.05, 3.63) is 84.2 Å². The van der Waals surface area contributed by atoms with Crippen molar-refractivity contribution < 1.29 is 13.9 Å². The normalized spacial score (nSPS) is 12.4. The van der Waals surface area contributed by atoms with E-state index in [-0.39, 0.29) is 0 Å². The summed E-state index contributed by atoms with van der Waals surface area (Å²) in [6.07, 6.45) is 2.20. The number of carbonyl (C=O) groups is 1. The van der Waals surface area contributed by atoms with Crippen LogP contribution in [-0.4, -0.2) is 48.9 Å². The Morgan fingerprint density at radius 2 is 1.94 bits per heavy atom. The van der Waals surface area contributed by atoms with Gasteiger partial charge in [0.15, 0.2) is 5.83 Å². The number of halogens is 1. The van der Waals surface area contributed by atoms with Gasteiger partial charge in [-0.15, -0.1) is 0 Å². The van der Waals surface area contributed by atoms with E-state index in [1.165, 1.54) is 0 Å². The van der Waals surface area contributed by atoms with Crippen molar-refractivity contribution in [1.29, 1.82) is 0 Å². The average Bonchev–Trinajstić information content (AvgIpc) is 2.84. The maximum atomic E-state index is 13.1. The molecule has 0 radical (unpaired) electrons. The third-order valence-corrected chi connectivity index (χ3v) is 5.08. The number of aliphatic imine (C=N–C) groups is 1. The third kappa shape index (κ3) is 8.26. The van der Waals surface area contributed by atoms with Crippen LogP contribution >= 0.6 is 0 Å². The lowest BCUT2D eigenvalue weighted by molar-refractivity contribution is -0.114. The molecule has 0 bridgehead atoms. The summed E-state index contributed by atoms with van der Waals surface area (Å²) in [6, 6.07) is 12.6. The molecule has 3 N–H and O–H groups in total. The summed E-state index contributed by atoms with van der Waals surface area (Å²) in [5.41, 5.74) is 3.66. The second kappa shape index (κ2) is 13.7. The lowest BCUT2D eigenvalue weighted by atomic mass is 10.1. The summed E-state index contributed by atoms with van der Waals surface area (Å²) >= 11 is 0. The molecule has 1 amide bonds. The van der Waals surface area contributed by atoms with E-state index < -0.39 is 17.8 Å². The molecular formula is C27H35FN6O2. The molecule has 36 heavy (non-hydrogen) atoms. The fourth-order valence-corrected chi connectivity index (χ4v) is 3.36. The van der Waals surface area contributed by atoms with Gasteiger partial charge in [-0.25, -0.2) is 14.4 Å². The Bertz CT molecular complexity index is 1130. The van der Waals surface area contributed by atoms with Gasteiger partial charge in [0, 0.05) is 38.1 Å². The molecule has 0 aliphatic heterocycles. The molecular weight excluding hydrogens is 459 g/mol. The molecule has 1 atom stereocenters. The number of hydrogen-bond acceptors (Lipinski definition) is 6. The number of amides is 1. The van der Waals surface area contributed by atoms with Crippen LogP contribution in [0.25, 0.3) is 5.70 Å². The Morgan fingerprint density at radius 3 is 2.53 bits per heavy atom. The molecule has 0 unspecified atom stereocenters. The van der Waals surface area contributed by atoms with Crippen molar-refractivity contribution in [2.24, 2.45) is 4.99 Å². The minimum Gasteiger partial charge on any atom is -0.468 e. The van der Waals surface area contributed by atoms with Crippen LogP contribution < -0.4 is 20.7 Å². The second-order valence-electron chi connectivity index (χ2n) is 8.05. The molecule has 8 nitrogen and oxygen atoms in total. The number of rotatable bonds is 13. The summed E-state index contributed by atoms with van der Waals surface area (Å²) in [6.45, 7) is 13.6. The van der Waals surface area contributed by atoms with E-state index in [9.17, 15) is 9.18 Å². The highest BCUT2D eigenvalue weighted by Gasteiger charge is 2.21. The predicted octanol–water partition coefficient (Wildman–Crippen LogP) is 4.60. The van der Waals surface area contributed by atoms with E-state index in [1.54, 1.807) is 24.5 Å². The van der Waals surface area contributed by atoms with Crippen molar-refractivity contribution in [2.75, 3.05) is 26.0 Å². The van der Waals surface area contributed by atoms with Crippen LogP contribution in [0, 0.1) is 6.92 Å². The first kappa shape index (κ1) is 28.1. The van der Waals surface area contributed by atoms with Crippen LogP contribution in [0.2, 0.25) is 0 Å². The Morgan fingerprint density at radius 1 is 1.25 bits per heavy atom. The Balaban J connectivity index is 2.45. The monoisotopic (exact) mass is 494 g/mol. The molecule has 0 aliphatic carbocycles. The SMILES string of the molecule is C=C(/N=C\N(C)C(=C(NC)c1ccc(NC(=O)C(=C)F)cc1)[C@@H](C)Oc1cccc(C)n1)NCCC. The molecule has 1 aromatic carbocycles. The van der Waals surface area contributed by atoms with E-state index in [1.807, 2.05) is 57.1 Å².